The minimum absolute atomic E-state index is 0.0507. The summed E-state index contributed by atoms with van der Waals surface area (Å²) in [6, 6.07) is 10.8. The van der Waals surface area contributed by atoms with Crippen LogP contribution in [0.5, 0.6) is 0 Å². The van der Waals surface area contributed by atoms with Gasteiger partial charge in [-0.05, 0) is 49.4 Å². The molecule has 3 N–H and O–H groups in total. The maximum absolute atomic E-state index is 12.8. The largest absolute Gasteiger partial charge is 0.478 e. The molecule has 0 radical (unpaired) electrons. The highest BCUT2D eigenvalue weighted by molar-refractivity contribution is 8.00. The van der Waals surface area contributed by atoms with E-state index in [0.717, 1.165) is 18.2 Å². The highest BCUT2D eigenvalue weighted by atomic mass is 32.2. The van der Waals surface area contributed by atoms with Crippen LogP contribution in [-0.2, 0) is 20.6 Å². The van der Waals surface area contributed by atoms with E-state index < -0.39 is 34.8 Å². The normalized spacial score (nSPS) is 12.4. The summed E-state index contributed by atoms with van der Waals surface area (Å²) in [5.74, 6) is -2.31. The van der Waals surface area contributed by atoms with Gasteiger partial charge in [0.15, 0.2) is 0 Å². The van der Waals surface area contributed by atoms with Gasteiger partial charge >= 0.3 is 12.1 Å². The monoisotopic (exact) mass is 438 g/mol. The van der Waals surface area contributed by atoms with Crippen molar-refractivity contribution in [3.63, 3.8) is 0 Å². The molecule has 30 heavy (non-hydrogen) atoms. The van der Waals surface area contributed by atoms with Gasteiger partial charge in [0.05, 0.1) is 10.8 Å². The molecule has 0 saturated carbocycles. The van der Waals surface area contributed by atoms with Crippen LogP contribution in [0.4, 0.5) is 24.5 Å². The molecule has 158 valence electrons. The van der Waals surface area contributed by atoms with Crippen LogP contribution >= 0.6 is 11.8 Å². The third kappa shape index (κ3) is 7.28. The van der Waals surface area contributed by atoms with E-state index in [1.54, 1.807) is 31.2 Å². The van der Waals surface area contributed by atoms with Crippen LogP contribution in [0.3, 0.4) is 0 Å². The predicted molar refractivity (Wildman–Crippen MR) is 107 cm³/mol. The van der Waals surface area contributed by atoms with Crippen LogP contribution in [-0.4, -0.2) is 28.1 Å². The predicted octanol–water partition coefficient (Wildman–Crippen LogP) is 4.40. The van der Waals surface area contributed by atoms with E-state index in [-0.39, 0.29) is 5.69 Å². The van der Waals surface area contributed by atoms with E-state index in [1.807, 2.05) is 0 Å². The van der Waals surface area contributed by atoms with Gasteiger partial charge in [0.1, 0.15) is 0 Å². The molecule has 2 rings (SSSR count). The zero-order chi connectivity index (χ0) is 22.3. The fourth-order valence-electron chi connectivity index (χ4n) is 2.22. The first kappa shape index (κ1) is 23.0. The number of carboxylic acids is 1. The Kier molecular flexibility index (Phi) is 7.65. The number of carbonyl (C=O) groups is 3. The molecule has 2 amide bonds. The molecular weight excluding hydrogens is 421 g/mol. The van der Waals surface area contributed by atoms with Crippen molar-refractivity contribution in [1.29, 1.82) is 0 Å². The van der Waals surface area contributed by atoms with E-state index >= 15 is 0 Å². The number of amides is 2. The number of hydrogen-bond acceptors (Lipinski definition) is 4. The van der Waals surface area contributed by atoms with Gasteiger partial charge in [-0.15, -0.1) is 11.8 Å². The highest BCUT2D eigenvalue weighted by Gasteiger charge is 2.30. The number of hydrogen-bond donors (Lipinski definition) is 3. The quantitative estimate of drug-likeness (QED) is 0.440. The Hall–Kier alpha value is -3.27. The van der Waals surface area contributed by atoms with Gasteiger partial charge in [0, 0.05) is 28.4 Å². The summed E-state index contributed by atoms with van der Waals surface area (Å²) in [5, 5.41) is 12.8. The average Bonchev–Trinajstić information content (AvgIpc) is 2.67. The molecule has 2 aromatic rings. The van der Waals surface area contributed by atoms with Gasteiger partial charge in [-0.3, -0.25) is 9.59 Å². The zero-order valence-electron chi connectivity index (χ0n) is 15.6. The Morgan fingerprint density at radius 1 is 1.00 bits per heavy atom. The van der Waals surface area contributed by atoms with Gasteiger partial charge < -0.3 is 15.7 Å². The number of nitrogens with one attached hydrogen (secondary N) is 2. The molecule has 0 heterocycles. The Morgan fingerprint density at radius 3 is 2.27 bits per heavy atom. The minimum Gasteiger partial charge on any atom is -0.478 e. The summed E-state index contributed by atoms with van der Waals surface area (Å²) in [5.41, 5.74) is -0.369. The zero-order valence-corrected chi connectivity index (χ0v) is 16.4. The number of alkyl halides is 3. The number of carboxylic acid groups (broad SMARTS) is 1. The number of anilines is 2. The maximum Gasteiger partial charge on any atom is 0.416 e. The van der Waals surface area contributed by atoms with E-state index in [2.05, 4.69) is 10.6 Å². The summed E-state index contributed by atoms with van der Waals surface area (Å²) >= 11 is 1.18. The van der Waals surface area contributed by atoms with E-state index in [4.69, 9.17) is 5.11 Å². The first-order chi connectivity index (χ1) is 14.0. The molecule has 2 aromatic carbocycles. The summed E-state index contributed by atoms with van der Waals surface area (Å²) in [7, 11) is 0. The van der Waals surface area contributed by atoms with Crippen molar-refractivity contribution in [2.45, 2.75) is 23.2 Å². The number of halogens is 3. The van der Waals surface area contributed by atoms with E-state index in [9.17, 15) is 27.6 Å². The molecule has 0 bridgehead atoms. The van der Waals surface area contributed by atoms with Crippen molar-refractivity contribution in [3.8, 4) is 0 Å². The lowest BCUT2D eigenvalue weighted by Gasteiger charge is -2.14. The summed E-state index contributed by atoms with van der Waals surface area (Å²) < 4.78 is 38.3. The molecule has 0 aliphatic heterocycles. The van der Waals surface area contributed by atoms with Crippen molar-refractivity contribution in [3.05, 3.63) is 66.2 Å². The van der Waals surface area contributed by atoms with Crippen molar-refractivity contribution < 1.29 is 32.7 Å². The molecule has 0 aromatic heterocycles. The minimum atomic E-state index is -4.50. The molecule has 1 unspecified atom stereocenters. The van der Waals surface area contributed by atoms with Crippen molar-refractivity contribution in [2.75, 3.05) is 10.6 Å². The molecular formula is C20H17F3N2O4S. The number of rotatable bonds is 7. The molecule has 0 aliphatic carbocycles. The second-order valence-electron chi connectivity index (χ2n) is 6.01. The molecule has 1 atom stereocenters. The molecule has 10 heteroatoms. The fraction of sp³-hybridized carbons (Fsp3) is 0.150. The van der Waals surface area contributed by atoms with Crippen LogP contribution in [0.2, 0.25) is 0 Å². The van der Waals surface area contributed by atoms with Crippen molar-refractivity contribution >= 4 is 40.9 Å². The van der Waals surface area contributed by atoms with Crippen LogP contribution in [0.25, 0.3) is 0 Å². The highest BCUT2D eigenvalue weighted by Crippen LogP contribution is 2.31. The molecule has 0 aliphatic rings. The second kappa shape index (κ2) is 9.97. The molecule has 6 nitrogen and oxygen atoms in total. The van der Waals surface area contributed by atoms with Gasteiger partial charge in [0.25, 0.3) is 0 Å². The first-order valence-corrected chi connectivity index (χ1v) is 9.39. The number of carbonyl (C=O) groups excluding carboxylic acids is 2. The lowest BCUT2D eigenvalue weighted by atomic mass is 10.2. The maximum atomic E-state index is 12.8. The molecule has 0 saturated heterocycles. The van der Waals surface area contributed by atoms with Gasteiger partial charge in [-0.1, -0.05) is 6.07 Å². The fourth-order valence-corrected chi connectivity index (χ4v) is 3.09. The van der Waals surface area contributed by atoms with Crippen molar-refractivity contribution in [1.82, 2.24) is 0 Å². The summed E-state index contributed by atoms with van der Waals surface area (Å²) in [6.45, 7) is 1.61. The Labute approximate surface area is 174 Å². The van der Waals surface area contributed by atoms with Crippen LogP contribution in [0.15, 0.2) is 65.6 Å². The third-order valence-electron chi connectivity index (χ3n) is 3.64. The SMILES string of the molecule is CC(Sc1ccc(NC(=O)/C=C/C(=O)O)cc1)C(=O)Nc1cccc(C(F)(F)F)c1. The number of aliphatic carboxylic acids is 1. The lowest BCUT2D eigenvalue weighted by molar-refractivity contribution is -0.137. The number of benzene rings is 2. The van der Waals surface area contributed by atoms with Gasteiger partial charge in [-0.25, -0.2) is 4.79 Å². The lowest BCUT2D eigenvalue weighted by Crippen LogP contribution is -2.22. The third-order valence-corrected chi connectivity index (χ3v) is 4.75. The average molecular weight is 438 g/mol. The second-order valence-corrected chi connectivity index (χ2v) is 7.43. The molecule has 0 spiro atoms. The summed E-state index contributed by atoms with van der Waals surface area (Å²) in [6.07, 6.45) is -2.91. The smallest absolute Gasteiger partial charge is 0.416 e. The standard InChI is InChI=1S/C20H17F3N2O4S/c1-12(19(29)25-15-4-2-3-13(11-15)20(21,22)23)30-16-7-5-14(6-8-16)24-17(26)9-10-18(27)28/h2-12H,1H3,(H,24,26)(H,25,29)(H,27,28)/b10-9+. The Morgan fingerprint density at radius 2 is 1.67 bits per heavy atom. The first-order valence-electron chi connectivity index (χ1n) is 8.51. The van der Waals surface area contributed by atoms with E-state index in [0.29, 0.717) is 16.7 Å². The molecule has 0 fully saturated rings. The number of thioether (sulfide) groups is 1. The summed E-state index contributed by atoms with van der Waals surface area (Å²) in [4.78, 5) is 34.9. The topological polar surface area (TPSA) is 95.5 Å². The Balaban J connectivity index is 1.94. The van der Waals surface area contributed by atoms with Crippen LogP contribution in [0, 0.1) is 0 Å². The van der Waals surface area contributed by atoms with E-state index in [1.165, 1.54) is 23.9 Å². The Bertz CT molecular complexity index is 959. The van der Waals surface area contributed by atoms with Gasteiger partial charge in [0.2, 0.25) is 11.8 Å². The van der Waals surface area contributed by atoms with Crippen molar-refractivity contribution in [2.24, 2.45) is 0 Å². The van der Waals surface area contributed by atoms with Crippen LogP contribution < -0.4 is 10.6 Å². The van der Waals surface area contributed by atoms with Crippen LogP contribution in [0.1, 0.15) is 12.5 Å². The van der Waals surface area contributed by atoms with Gasteiger partial charge in [-0.2, -0.15) is 13.2 Å².